The van der Waals surface area contributed by atoms with Crippen molar-refractivity contribution in [1.82, 2.24) is 9.80 Å². The lowest BCUT2D eigenvalue weighted by molar-refractivity contribution is -0.136. The molecule has 0 unspecified atom stereocenters. The minimum absolute atomic E-state index is 0.156. The summed E-state index contributed by atoms with van der Waals surface area (Å²) in [7, 11) is 1.55. The highest BCUT2D eigenvalue weighted by molar-refractivity contribution is 6.22. The van der Waals surface area contributed by atoms with Crippen LogP contribution in [0.4, 0.5) is 5.69 Å². The molecule has 1 aromatic carbocycles. The molecule has 8 heteroatoms. The number of hydrogen-bond acceptors (Lipinski definition) is 6. The van der Waals surface area contributed by atoms with Gasteiger partial charge in [0, 0.05) is 19.2 Å². The molecule has 0 aliphatic carbocycles. The normalized spacial score (nSPS) is 25.5. The average Bonchev–Trinajstić information content (AvgIpc) is 3.08. The zero-order valence-corrected chi connectivity index (χ0v) is 17.5. The van der Waals surface area contributed by atoms with Gasteiger partial charge in [0.15, 0.2) is 0 Å². The molecule has 3 fully saturated rings. The van der Waals surface area contributed by atoms with E-state index >= 15 is 0 Å². The van der Waals surface area contributed by atoms with E-state index in [1.807, 2.05) is 4.90 Å². The fourth-order valence-electron chi connectivity index (χ4n) is 5.17. The average molecular weight is 415 g/mol. The van der Waals surface area contributed by atoms with Gasteiger partial charge < -0.3 is 10.5 Å². The molecule has 3 heterocycles. The van der Waals surface area contributed by atoms with Gasteiger partial charge in [-0.05, 0) is 50.9 Å². The molecule has 3 saturated heterocycles. The number of carbonyl (C=O) groups excluding carboxylic acids is 3. The highest BCUT2D eigenvalue weighted by Crippen LogP contribution is 2.35. The SMILES string of the molecule is COc1cccc(N2C(=O)C[C@@H](N3CCC(C(N)=O)(N4CCCCC4)CC3)C2=O)c1. The molecule has 0 aromatic heterocycles. The molecule has 4 rings (SSSR count). The molecule has 0 saturated carbocycles. The maximum atomic E-state index is 13.1. The van der Waals surface area contributed by atoms with E-state index in [1.165, 1.54) is 11.3 Å². The molecule has 162 valence electrons. The van der Waals surface area contributed by atoms with E-state index in [0.717, 1.165) is 25.9 Å². The Morgan fingerprint density at radius 2 is 1.80 bits per heavy atom. The second-order valence-electron chi connectivity index (χ2n) is 8.47. The quantitative estimate of drug-likeness (QED) is 0.726. The summed E-state index contributed by atoms with van der Waals surface area (Å²) in [6, 6.07) is 6.49. The predicted octanol–water partition coefficient (Wildman–Crippen LogP) is 1.13. The zero-order valence-electron chi connectivity index (χ0n) is 17.5. The van der Waals surface area contributed by atoms with Gasteiger partial charge in [0.05, 0.1) is 25.3 Å². The smallest absolute Gasteiger partial charge is 0.251 e. The van der Waals surface area contributed by atoms with Crippen LogP contribution in [0.3, 0.4) is 0 Å². The molecular formula is C22H30N4O4. The highest BCUT2D eigenvalue weighted by atomic mass is 16.5. The minimum Gasteiger partial charge on any atom is -0.497 e. The number of benzene rings is 1. The first-order chi connectivity index (χ1) is 14.5. The van der Waals surface area contributed by atoms with E-state index in [0.29, 0.717) is 37.4 Å². The number of piperidine rings is 2. The van der Waals surface area contributed by atoms with Crippen LogP contribution in [0.15, 0.2) is 24.3 Å². The third kappa shape index (κ3) is 3.58. The number of anilines is 1. The van der Waals surface area contributed by atoms with Crippen molar-refractivity contribution in [3.8, 4) is 5.75 Å². The topological polar surface area (TPSA) is 96.2 Å². The lowest BCUT2D eigenvalue weighted by Gasteiger charge is -2.48. The Kier molecular flexibility index (Phi) is 5.79. The fourth-order valence-corrected chi connectivity index (χ4v) is 5.17. The van der Waals surface area contributed by atoms with Crippen molar-refractivity contribution in [2.24, 2.45) is 5.73 Å². The number of primary amides is 1. The third-order valence-electron chi connectivity index (χ3n) is 6.92. The number of nitrogens with two attached hydrogens (primary N) is 1. The van der Waals surface area contributed by atoms with E-state index in [1.54, 1.807) is 31.4 Å². The lowest BCUT2D eigenvalue weighted by atomic mass is 9.83. The molecule has 3 aliphatic heterocycles. The fraction of sp³-hybridized carbons (Fsp3) is 0.591. The monoisotopic (exact) mass is 414 g/mol. The van der Waals surface area contributed by atoms with Gasteiger partial charge in [-0.15, -0.1) is 0 Å². The number of methoxy groups -OCH3 is 1. The van der Waals surface area contributed by atoms with Gasteiger partial charge in [-0.1, -0.05) is 12.5 Å². The zero-order chi connectivity index (χ0) is 21.3. The summed E-state index contributed by atoms with van der Waals surface area (Å²) in [6.07, 6.45) is 4.71. The van der Waals surface area contributed by atoms with Crippen LogP contribution < -0.4 is 15.4 Å². The summed E-state index contributed by atoms with van der Waals surface area (Å²) in [5.74, 6) is -0.0861. The van der Waals surface area contributed by atoms with Gasteiger partial charge in [-0.3, -0.25) is 24.2 Å². The van der Waals surface area contributed by atoms with Crippen molar-refractivity contribution in [3.05, 3.63) is 24.3 Å². The molecule has 0 radical (unpaired) electrons. The number of likely N-dealkylation sites (tertiary alicyclic amines) is 2. The summed E-state index contributed by atoms with van der Waals surface area (Å²) >= 11 is 0. The number of imide groups is 1. The first-order valence-electron chi connectivity index (χ1n) is 10.8. The van der Waals surface area contributed by atoms with Gasteiger partial charge in [0.1, 0.15) is 11.3 Å². The van der Waals surface area contributed by atoms with E-state index in [-0.39, 0.29) is 24.1 Å². The Morgan fingerprint density at radius 1 is 1.10 bits per heavy atom. The largest absolute Gasteiger partial charge is 0.497 e. The van der Waals surface area contributed by atoms with E-state index in [4.69, 9.17) is 10.5 Å². The Bertz CT molecular complexity index is 828. The first-order valence-corrected chi connectivity index (χ1v) is 10.8. The molecule has 1 atom stereocenters. The molecule has 8 nitrogen and oxygen atoms in total. The number of hydrogen-bond donors (Lipinski definition) is 1. The minimum atomic E-state index is -0.630. The number of carbonyl (C=O) groups is 3. The summed E-state index contributed by atoms with van der Waals surface area (Å²) < 4.78 is 5.22. The van der Waals surface area contributed by atoms with Gasteiger partial charge in [-0.2, -0.15) is 0 Å². The van der Waals surface area contributed by atoms with Crippen molar-refractivity contribution in [2.75, 3.05) is 38.2 Å². The van der Waals surface area contributed by atoms with Crippen molar-refractivity contribution in [1.29, 1.82) is 0 Å². The van der Waals surface area contributed by atoms with Crippen molar-refractivity contribution >= 4 is 23.4 Å². The number of nitrogens with zero attached hydrogens (tertiary/aromatic N) is 3. The maximum Gasteiger partial charge on any atom is 0.251 e. The third-order valence-corrected chi connectivity index (χ3v) is 6.92. The molecule has 0 bridgehead atoms. The van der Waals surface area contributed by atoms with Crippen LogP contribution in [0, 0.1) is 0 Å². The number of rotatable bonds is 5. The van der Waals surface area contributed by atoms with Crippen molar-refractivity contribution in [3.63, 3.8) is 0 Å². The van der Waals surface area contributed by atoms with Gasteiger partial charge in [0.2, 0.25) is 11.8 Å². The second-order valence-corrected chi connectivity index (χ2v) is 8.47. The Morgan fingerprint density at radius 3 is 2.43 bits per heavy atom. The predicted molar refractivity (Wildman–Crippen MR) is 112 cm³/mol. The molecule has 0 spiro atoms. The Labute approximate surface area is 176 Å². The van der Waals surface area contributed by atoms with Crippen LogP contribution in [-0.4, -0.2) is 72.4 Å². The molecule has 1 aromatic rings. The van der Waals surface area contributed by atoms with Crippen molar-refractivity contribution in [2.45, 2.75) is 50.1 Å². The van der Waals surface area contributed by atoms with Crippen LogP contribution in [0.5, 0.6) is 5.75 Å². The van der Waals surface area contributed by atoms with Gasteiger partial charge in [-0.25, -0.2) is 4.90 Å². The van der Waals surface area contributed by atoms with Crippen LogP contribution in [-0.2, 0) is 14.4 Å². The summed E-state index contributed by atoms with van der Waals surface area (Å²) in [6.45, 7) is 2.95. The first kappa shape index (κ1) is 20.8. The van der Waals surface area contributed by atoms with Crippen LogP contribution in [0.2, 0.25) is 0 Å². The summed E-state index contributed by atoms with van der Waals surface area (Å²) in [5, 5.41) is 0. The van der Waals surface area contributed by atoms with Crippen molar-refractivity contribution < 1.29 is 19.1 Å². The molecule has 3 amide bonds. The molecule has 30 heavy (non-hydrogen) atoms. The van der Waals surface area contributed by atoms with E-state index in [9.17, 15) is 14.4 Å². The summed E-state index contributed by atoms with van der Waals surface area (Å²) in [4.78, 5) is 43.8. The molecule has 2 N–H and O–H groups in total. The lowest BCUT2D eigenvalue weighted by Crippen LogP contribution is -2.64. The number of ether oxygens (including phenoxy) is 1. The number of amides is 3. The van der Waals surface area contributed by atoms with E-state index in [2.05, 4.69) is 4.90 Å². The second kappa shape index (κ2) is 8.35. The highest BCUT2D eigenvalue weighted by Gasteiger charge is 2.49. The van der Waals surface area contributed by atoms with Crippen LogP contribution in [0.25, 0.3) is 0 Å². The Balaban J connectivity index is 1.47. The Hall–Kier alpha value is -2.45. The van der Waals surface area contributed by atoms with Gasteiger partial charge in [0.25, 0.3) is 5.91 Å². The van der Waals surface area contributed by atoms with Gasteiger partial charge >= 0.3 is 0 Å². The van der Waals surface area contributed by atoms with Crippen LogP contribution in [0.1, 0.15) is 38.5 Å². The standard InChI is InChI=1S/C22H30N4O4/c1-30-17-7-5-6-16(14-17)26-19(27)15-18(20(26)28)24-12-8-22(9-13-24,21(23)29)25-10-3-2-4-11-25/h5-7,14,18H,2-4,8-13,15H2,1H3,(H2,23,29)/t18-/m1/s1. The van der Waals surface area contributed by atoms with E-state index < -0.39 is 11.6 Å². The van der Waals surface area contributed by atoms with Crippen LogP contribution >= 0.6 is 0 Å². The molecular weight excluding hydrogens is 384 g/mol. The maximum absolute atomic E-state index is 13.1. The summed E-state index contributed by atoms with van der Waals surface area (Å²) in [5.41, 5.74) is 5.77. The molecule has 3 aliphatic rings.